The molecule has 14 heavy (non-hydrogen) atoms. The molecule has 1 aliphatic heterocycles. The lowest BCUT2D eigenvalue weighted by molar-refractivity contribution is -0.0768. The van der Waals surface area contributed by atoms with Crippen molar-refractivity contribution >= 4 is 5.91 Å². The van der Waals surface area contributed by atoms with Crippen molar-refractivity contribution in [2.24, 2.45) is 7.05 Å². The van der Waals surface area contributed by atoms with Crippen LogP contribution >= 0.6 is 0 Å². The Morgan fingerprint density at radius 2 is 2.43 bits per heavy atom. The third-order valence-corrected chi connectivity index (χ3v) is 2.44. The molecule has 0 bridgehead atoms. The van der Waals surface area contributed by atoms with Gasteiger partial charge in [0.15, 0.2) is 0 Å². The van der Waals surface area contributed by atoms with Crippen LogP contribution in [-0.2, 0) is 11.9 Å². The van der Waals surface area contributed by atoms with Gasteiger partial charge < -0.3 is 0 Å². The summed E-state index contributed by atoms with van der Waals surface area (Å²) in [6.45, 7) is 3.18. The third-order valence-electron chi connectivity index (χ3n) is 2.44. The molecule has 2 rings (SSSR count). The molecule has 76 valence electrons. The molecule has 1 aliphatic rings. The van der Waals surface area contributed by atoms with E-state index in [0.717, 1.165) is 12.1 Å². The summed E-state index contributed by atoms with van der Waals surface area (Å²) in [7, 11) is 1.82. The first-order valence-electron chi connectivity index (χ1n) is 4.63. The summed E-state index contributed by atoms with van der Waals surface area (Å²) in [6.07, 6.45) is 2.49. The topological polar surface area (TPSA) is 47.4 Å². The fraction of sp³-hybridized carbons (Fsp3) is 0.556. The second-order valence-corrected chi connectivity index (χ2v) is 3.36. The van der Waals surface area contributed by atoms with E-state index in [1.807, 2.05) is 14.0 Å². The molecule has 0 aliphatic carbocycles. The lowest BCUT2D eigenvalue weighted by Crippen LogP contribution is -2.26. The van der Waals surface area contributed by atoms with Gasteiger partial charge in [-0.15, -0.1) is 0 Å². The Bertz CT molecular complexity index is 353. The summed E-state index contributed by atoms with van der Waals surface area (Å²) >= 11 is 0. The highest BCUT2D eigenvalue weighted by atomic mass is 16.7. The highest BCUT2D eigenvalue weighted by Gasteiger charge is 2.23. The summed E-state index contributed by atoms with van der Waals surface area (Å²) in [5.74, 6) is -0.0897. The van der Waals surface area contributed by atoms with Gasteiger partial charge in [-0.25, -0.2) is 5.06 Å². The first-order valence-corrected chi connectivity index (χ1v) is 4.63. The van der Waals surface area contributed by atoms with E-state index in [2.05, 4.69) is 5.10 Å². The normalized spacial score (nSPS) is 16.3. The van der Waals surface area contributed by atoms with Crippen molar-refractivity contribution < 1.29 is 9.63 Å². The number of rotatable bonds is 1. The van der Waals surface area contributed by atoms with Gasteiger partial charge in [-0.3, -0.25) is 14.3 Å². The molecule has 1 aromatic heterocycles. The van der Waals surface area contributed by atoms with Gasteiger partial charge in [0.05, 0.1) is 24.9 Å². The van der Waals surface area contributed by atoms with Gasteiger partial charge >= 0.3 is 0 Å². The lowest BCUT2D eigenvalue weighted by atomic mass is 10.2. The zero-order valence-electron chi connectivity index (χ0n) is 8.36. The second kappa shape index (κ2) is 3.42. The fourth-order valence-corrected chi connectivity index (χ4v) is 1.45. The van der Waals surface area contributed by atoms with Crippen LogP contribution in [0, 0.1) is 6.92 Å². The van der Waals surface area contributed by atoms with Crippen molar-refractivity contribution in [1.29, 1.82) is 0 Å². The van der Waals surface area contributed by atoms with Crippen molar-refractivity contribution in [3.8, 4) is 0 Å². The van der Waals surface area contributed by atoms with E-state index in [1.54, 1.807) is 10.9 Å². The van der Waals surface area contributed by atoms with Crippen LogP contribution in [0.5, 0.6) is 0 Å². The molecule has 0 saturated carbocycles. The molecule has 1 aromatic rings. The average molecular weight is 195 g/mol. The van der Waals surface area contributed by atoms with E-state index in [0.29, 0.717) is 18.7 Å². The molecular formula is C9H13N3O2. The highest BCUT2D eigenvalue weighted by molar-refractivity contribution is 5.94. The zero-order valence-corrected chi connectivity index (χ0v) is 8.36. The molecule has 1 fully saturated rings. The summed E-state index contributed by atoms with van der Waals surface area (Å²) in [5.41, 5.74) is 1.49. The summed E-state index contributed by atoms with van der Waals surface area (Å²) in [5, 5.41) is 5.43. The number of hydrogen-bond acceptors (Lipinski definition) is 3. The van der Waals surface area contributed by atoms with Crippen LogP contribution in [0.3, 0.4) is 0 Å². The predicted molar refractivity (Wildman–Crippen MR) is 49.6 cm³/mol. The van der Waals surface area contributed by atoms with E-state index in [-0.39, 0.29) is 5.91 Å². The highest BCUT2D eigenvalue weighted by Crippen LogP contribution is 2.13. The third kappa shape index (κ3) is 1.39. The van der Waals surface area contributed by atoms with Gasteiger partial charge in [0.25, 0.3) is 5.91 Å². The number of aromatic nitrogens is 2. The van der Waals surface area contributed by atoms with Gasteiger partial charge in [0, 0.05) is 12.7 Å². The molecule has 2 heterocycles. The Hall–Kier alpha value is -1.36. The first-order chi connectivity index (χ1) is 6.70. The van der Waals surface area contributed by atoms with Gasteiger partial charge in [0.2, 0.25) is 0 Å². The van der Waals surface area contributed by atoms with E-state index in [9.17, 15) is 4.79 Å². The van der Waals surface area contributed by atoms with Crippen LogP contribution in [0.4, 0.5) is 0 Å². The first kappa shape index (κ1) is 9.21. The van der Waals surface area contributed by atoms with E-state index >= 15 is 0 Å². The molecular weight excluding hydrogens is 182 g/mol. The summed E-state index contributed by atoms with van der Waals surface area (Å²) in [6, 6.07) is 0. The number of carbonyl (C=O) groups excluding carboxylic acids is 1. The maximum atomic E-state index is 11.8. The smallest absolute Gasteiger partial charge is 0.272 e. The Morgan fingerprint density at radius 3 is 2.93 bits per heavy atom. The van der Waals surface area contributed by atoms with Crippen LogP contribution in [0.2, 0.25) is 0 Å². The van der Waals surface area contributed by atoms with Gasteiger partial charge in [-0.2, -0.15) is 5.10 Å². The molecule has 1 saturated heterocycles. The molecule has 5 nitrogen and oxygen atoms in total. The number of hydroxylamine groups is 2. The molecule has 1 amide bonds. The number of nitrogens with zero attached hydrogens (tertiary/aromatic N) is 3. The van der Waals surface area contributed by atoms with Crippen LogP contribution in [0.1, 0.15) is 22.5 Å². The minimum absolute atomic E-state index is 0.0897. The van der Waals surface area contributed by atoms with Crippen LogP contribution in [0.15, 0.2) is 6.20 Å². The number of amides is 1. The number of aryl methyl sites for hydroxylation is 1. The average Bonchev–Trinajstić information content (AvgIpc) is 2.77. The lowest BCUT2D eigenvalue weighted by Gasteiger charge is -2.12. The maximum absolute atomic E-state index is 11.8. The molecule has 0 radical (unpaired) electrons. The minimum atomic E-state index is -0.0897. The molecule has 0 unspecified atom stereocenters. The van der Waals surface area contributed by atoms with E-state index in [4.69, 9.17) is 4.84 Å². The maximum Gasteiger partial charge on any atom is 0.280 e. The molecule has 5 heteroatoms. The summed E-state index contributed by atoms with van der Waals surface area (Å²) < 4.78 is 1.68. The van der Waals surface area contributed by atoms with Crippen LogP contribution < -0.4 is 0 Å². The Balaban J connectivity index is 2.22. The number of carbonyl (C=O) groups is 1. The van der Waals surface area contributed by atoms with Gasteiger partial charge in [-0.05, 0) is 13.3 Å². The Labute approximate surface area is 82.2 Å². The monoisotopic (exact) mass is 195 g/mol. The van der Waals surface area contributed by atoms with Crippen LogP contribution in [-0.4, -0.2) is 33.9 Å². The van der Waals surface area contributed by atoms with Crippen LogP contribution in [0.25, 0.3) is 0 Å². The Morgan fingerprint density at radius 1 is 1.64 bits per heavy atom. The van der Waals surface area contributed by atoms with Crippen molar-refractivity contribution in [1.82, 2.24) is 14.8 Å². The predicted octanol–water partition coefficient (Wildman–Crippen LogP) is 0.506. The zero-order chi connectivity index (χ0) is 10.1. The Kier molecular flexibility index (Phi) is 2.25. The molecule has 0 aromatic carbocycles. The van der Waals surface area contributed by atoms with Gasteiger partial charge in [-0.1, -0.05) is 0 Å². The van der Waals surface area contributed by atoms with E-state index < -0.39 is 0 Å². The SMILES string of the molecule is Cc1c(C(=O)N2CCCO2)cnn1C. The van der Waals surface area contributed by atoms with E-state index in [1.165, 1.54) is 5.06 Å². The van der Waals surface area contributed by atoms with Crippen molar-refractivity contribution in [3.63, 3.8) is 0 Å². The molecule has 0 spiro atoms. The number of hydrogen-bond donors (Lipinski definition) is 0. The standard InChI is InChI=1S/C9H13N3O2/c1-7-8(6-10-11(7)2)9(13)12-4-3-5-14-12/h6H,3-5H2,1-2H3. The van der Waals surface area contributed by atoms with Gasteiger partial charge in [0.1, 0.15) is 0 Å². The second-order valence-electron chi connectivity index (χ2n) is 3.36. The summed E-state index contributed by atoms with van der Waals surface area (Å²) in [4.78, 5) is 17.0. The fourth-order valence-electron chi connectivity index (χ4n) is 1.45. The minimum Gasteiger partial charge on any atom is -0.272 e. The van der Waals surface area contributed by atoms with Crippen molar-refractivity contribution in [3.05, 3.63) is 17.5 Å². The molecule has 0 N–H and O–H groups in total. The molecule has 0 atom stereocenters. The quantitative estimate of drug-likeness (QED) is 0.655. The van der Waals surface area contributed by atoms with Crippen molar-refractivity contribution in [2.75, 3.05) is 13.2 Å². The van der Waals surface area contributed by atoms with Crippen molar-refractivity contribution in [2.45, 2.75) is 13.3 Å². The largest absolute Gasteiger partial charge is 0.280 e.